The minimum absolute atomic E-state index is 0.0234. The molecule has 1 aromatic carbocycles. The molecule has 2 aromatic rings. The first-order valence-electron chi connectivity index (χ1n) is 9.16. The van der Waals surface area contributed by atoms with Crippen molar-refractivity contribution >= 4 is 23.0 Å². The van der Waals surface area contributed by atoms with Gasteiger partial charge in [-0.3, -0.25) is 9.59 Å². The lowest BCUT2D eigenvalue weighted by Crippen LogP contribution is -2.31. The number of allylic oxidation sites excluding steroid dienone is 2. The molecule has 4 rings (SSSR count). The Balaban J connectivity index is 1.62. The van der Waals surface area contributed by atoms with Gasteiger partial charge in [0.15, 0.2) is 0 Å². The summed E-state index contributed by atoms with van der Waals surface area (Å²) in [6, 6.07) is 7.45. The SMILES string of the molecule is CC(=O)Nc1ccc(F)c(Cn2cc(C3=CC4NN=C(N)C4C=C3)ccc2=O)c1. The third-order valence-corrected chi connectivity index (χ3v) is 4.94. The number of carbonyl (C=O) groups is 1. The lowest BCUT2D eigenvalue weighted by Gasteiger charge is -2.19. The van der Waals surface area contributed by atoms with Gasteiger partial charge >= 0.3 is 0 Å². The largest absolute Gasteiger partial charge is 0.385 e. The summed E-state index contributed by atoms with van der Waals surface area (Å²) in [5, 5.41) is 6.68. The molecule has 29 heavy (non-hydrogen) atoms. The van der Waals surface area contributed by atoms with Crippen LogP contribution in [0.3, 0.4) is 0 Å². The first-order chi connectivity index (χ1) is 13.9. The van der Waals surface area contributed by atoms with Gasteiger partial charge in [0.25, 0.3) is 5.56 Å². The molecule has 2 aliphatic rings. The Morgan fingerprint density at radius 1 is 1.34 bits per heavy atom. The number of hydrazone groups is 1. The Hall–Kier alpha value is -3.68. The minimum atomic E-state index is -0.446. The summed E-state index contributed by atoms with van der Waals surface area (Å²) < 4.78 is 15.7. The van der Waals surface area contributed by atoms with Gasteiger partial charge in [-0.05, 0) is 35.4 Å². The third-order valence-electron chi connectivity index (χ3n) is 4.94. The minimum Gasteiger partial charge on any atom is -0.385 e. The number of anilines is 1. The molecule has 0 saturated carbocycles. The van der Waals surface area contributed by atoms with Crippen molar-refractivity contribution in [3.8, 4) is 0 Å². The van der Waals surface area contributed by atoms with E-state index in [1.807, 2.05) is 18.2 Å². The number of rotatable bonds is 4. The number of aromatic nitrogens is 1. The molecule has 0 bridgehead atoms. The van der Waals surface area contributed by atoms with E-state index in [4.69, 9.17) is 5.73 Å². The lowest BCUT2D eigenvalue weighted by molar-refractivity contribution is -0.114. The van der Waals surface area contributed by atoms with Gasteiger partial charge in [0.05, 0.1) is 18.5 Å². The number of halogens is 1. The fourth-order valence-electron chi connectivity index (χ4n) is 3.48. The lowest BCUT2D eigenvalue weighted by atomic mass is 9.90. The molecule has 0 fully saturated rings. The van der Waals surface area contributed by atoms with Gasteiger partial charge in [0.2, 0.25) is 5.91 Å². The standard InChI is InChI=1S/C21H20FN5O2/c1-12(28)24-16-4-6-18(22)15(8-16)11-27-10-14(3-7-20(27)29)13-2-5-17-19(9-13)25-26-21(17)23/h2-10,17,19,25H,11H2,1H3,(H2,23,26)(H,24,28). The topological polar surface area (TPSA) is 102 Å². The summed E-state index contributed by atoms with van der Waals surface area (Å²) in [6.45, 7) is 1.42. The number of carbonyl (C=O) groups excluding carboxylic acids is 1. The van der Waals surface area contributed by atoms with Gasteiger partial charge in [0.1, 0.15) is 11.7 Å². The summed E-state index contributed by atoms with van der Waals surface area (Å²) >= 11 is 0. The van der Waals surface area contributed by atoms with Crippen molar-refractivity contribution in [1.29, 1.82) is 0 Å². The molecule has 0 saturated heterocycles. The Labute approximate surface area is 166 Å². The van der Waals surface area contributed by atoms with Gasteiger partial charge in [-0.1, -0.05) is 18.2 Å². The van der Waals surface area contributed by atoms with Crippen LogP contribution in [0.15, 0.2) is 64.7 Å². The first-order valence-corrected chi connectivity index (χ1v) is 9.16. The van der Waals surface area contributed by atoms with E-state index in [1.165, 1.54) is 35.8 Å². The second-order valence-electron chi connectivity index (χ2n) is 7.07. The molecule has 2 atom stereocenters. The Kier molecular flexibility index (Phi) is 4.75. The zero-order valence-electron chi connectivity index (χ0n) is 15.7. The fourth-order valence-corrected chi connectivity index (χ4v) is 3.48. The van der Waals surface area contributed by atoms with Crippen LogP contribution in [-0.2, 0) is 11.3 Å². The second kappa shape index (κ2) is 7.38. The van der Waals surface area contributed by atoms with Crippen LogP contribution in [0.2, 0.25) is 0 Å². The van der Waals surface area contributed by atoms with Crippen molar-refractivity contribution in [3.05, 3.63) is 82.1 Å². The molecule has 1 aromatic heterocycles. The Morgan fingerprint density at radius 3 is 2.97 bits per heavy atom. The van der Waals surface area contributed by atoms with E-state index in [-0.39, 0.29) is 30.0 Å². The zero-order valence-corrected chi connectivity index (χ0v) is 15.7. The maximum Gasteiger partial charge on any atom is 0.250 e. The maximum atomic E-state index is 14.3. The smallest absolute Gasteiger partial charge is 0.250 e. The predicted molar refractivity (Wildman–Crippen MR) is 110 cm³/mol. The average Bonchev–Trinajstić information content (AvgIpc) is 3.06. The van der Waals surface area contributed by atoms with Crippen LogP contribution in [0, 0.1) is 11.7 Å². The highest BCUT2D eigenvalue weighted by Crippen LogP contribution is 2.26. The van der Waals surface area contributed by atoms with E-state index < -0.39 is 5.82 Å². The first kappa shape index (κ1) is 18.7. The molecule has 7 nitrogen and oxygen atoms in total. The number of amidine groups is 1. The fraction of sp³-hybridized carbons (Fsp3) is 0.190. The Bertz CT molecular complexity index is 1130. The third kappa shape index (κ3) is 3.82. The number of nitrogens with two attached hydrogens (primary N) is 1. The number of nitrogens with one attached hydrogen (secondary N) is 2. The van der Waals surface area contributed by atoms with E-state index in [2.05, 4.69) is 15.8 Å². The summed E-state index contributed by atoms with van der Waals surface area (Å²) in [7, 11) is 0. The van der Waals surface area contributed by atoms with Crippen molar-refractivity contribution in [2.45, 2.75) is 19.5 Å². The molecule has 1 aliphatic carbocycles. The van der Waals surface area contributed by atoms with Crippen LogP contribution >= 0.6 is 0 Å². The normalized spacial score (nSPS) is 19.8. The van der Waals surface area contributed by atoms with Gasteiger partial charge in [-0.2, -0.15) is 5.10 Å². The Morgan fingerprint density at radius 2 is 2.17 bits per heavy atom. The predicted octanol–water partition coefficient (Wildman–Crippen LogP) is 1.81. The second-order valence-corrected chi connectivity index (χ2v) is 7.07. The number of hydrogen-bond acceptors (Lipinski definition) is 5. The van der Waals surface area contributed by atoms with E-state index in [1.54, 1.807) is 12.3 Å². The number of hydrogen-bond donors (Lipinski definition) is 3. The molecular formula is C21H20FN5O2. The van der Waals surface area contributed by atoms with Crippen LogP contribution in [0.25, 0.3) is 5.57 Å². The van der Waals surface area contributed by atoms with E-state index in [0.29, 0.717) is 17.1 Å². The highest BCUT2D eigenvalue weighted by Gasteiger charge is 2.28. The number of pyridine rings is 1. The summed E-state index contributed by atoms with van der Waals surface area (Å²) in [4.78, 5) is 23.6. The van der Waals surface area contributed by atoms with Gasteiger partial charge in [-0.15, -0.1) is 0 Å². The summed E-state index contributed by atoms with van der Waals surface area (Å²) in [5.41, 5.74) is 11.1. The van der Waals surface area contributed by atoms with Crippen LogP contribution in [-0.4, -0.2) is 22.4 Å². The number of fused-ring (bicyclic) bond motifs is 1. The zero-order chi connectivity index (χ0) is 20.5. The van der Waals surface area contributed by atoms with Crippen LogP contribution < -0.4 is 22.0 Å². The van der Waals surface area contributed by atoms with E-state index >= 15 is 0 Å². The van der Waals surface area contributed by atoms with Crippen LogP contribution in [0.5, 0.6) is 0 Å². The van der Waals surface area contributed by atoms with Crippen LogP contribution in [0.4, 0.5) is 10.1 Å². The number of amides is 1. The molecule has 148 valence electrons. The number of nitrogens with zero attached hydrogens (tertiary/aromatic N) is 2. The molecule has 0 spiro atoms. The van der Waals surface area contributed by atoms with Gasteiger partial charge < -0.3 is 21.0 Å². The molecule has 4 N–H and O–H groups in total. The molecule has 0 radical (unpaired) electrons. The summed E-state index contributed by atoms with van der Waals surface area (Å²) in [5.74, 6) is -0.128. The van der Waals surface area contributed by atoms with Crippen LogP contribution in [0.1, 0.15) is 18.1 Å². The molecule has 8 heteroatoms. The van der Waals surface area contributed by atoms with Crippen molar-refractivity contribution in [2.24, 2.45) is 16.8 Å². The quantitative estimate of drug-likeness (QED) is 0.737. The van der Waals surface area contributed by atoms with E-state index in [0.717, 1.165) is 11.1 Å². The van der Waals surface area contributed by atoms with E-state index in [9.17, 15) is 14.0 Å². The van der Waals surface area contributed by atoms with Crippen molar-refractivity contribution in [3.63, 3.8) is 0 Å². The molecule has 2 unspecified atom stereocenters. The molecule has 1 amide bonds. The molecular weight excluding hydrogens is 373 g/mol. The van der Waals surface area contributed by atoms with Crippen molar-refractivity contribution in [1.82, 2.24) is 9.99 Å². The van der Waals surface area contributed by atoms with Gasteiger partial charge in [0, 0.05) is 30.4 Å². The highest BCUT2D eigenvalue weighted by atomic mass is 19.1. The maximum absolute atomic E-state index is 14.3. The number of benzene rings is 1. The van der Waals surface area contributed by atoms with Crippen molar-refractivity contribution in [2.75, 3.05) is 5.32 Å². The highest BCUT2D eigenvalue weighted by molar-refractivity contribution is 5.90. The summed E-state index contributed by atoms with van der Waals surface area (Å²) in [6.07, 6.45) is 7.63. The van der Waals surface area contributed by atoms with Crippen molar-refractivity contribution < 1.29 is 9.18 Å². The molecule has 1 aliphatic heterocycles. The van der Waals surface area contributed by atoms with Gasteiger partial charge in [-0.25, -0.2) is 4.39 Å². The monoisotopic (exact) mass is 393 g/mol. The average molecular weight is 393 g/mol. The molecule has 2 heterocycles.